The molecule has 0 amide bonds. The van der Waals surface area contributed by atoms with Crippen LogP contribution in [0.1, 0.15) is 19.4 Å². The molecule has 0 spiro atoms. The van der Waals surface area contributed by atoms with E-state index in [2.05, 4.69) is 20.9 Å². The van der Waals surface area contributed by atoms with Gasteiger partial charge in [-0.25, -0.2) is 9.37 Å². The van der Waals surface area contributed by atoms with Crippen LogP contribution in [0.15, 0.2) is 57.0 Å². The lowest BCUT2D eigenvalue weighted by molar-refractivity contribution is 0.485. The SMILES string of the molecule is CC.FCc1ccc(Sc2ncccc2Br)cc1. The lowest BCUT2D eigenvalue weighted by atomic mass is 10.2. The first-order valence-corrected chi connectivity index (χ1v) is 7.34. The average molecular weight is 328 g/mol. The fourth-order valence-corrected chi connectivity index (χ4v) is 2.48. The molecule has 0 fully saturated rings. The summed E-state index contributed by atoms with van der Waals surface area (Å²) in [5.74, 6) is 0. The van der Waals surface area contributed by atoms with E-state index in [1.54, 1.807) is 30.1 Å². The van der Waals surface area contributed by atoms with Crippen molar-refractivity contribution in [3.8, 4) is 0 Å². The van der Waals surface area contributed by atoms with Crippen molar-refractivity contribution < 1.29 is 4.39 Å². The molecule has 1 heterocycles. The van der Waals surface area contributed by atoms with Gasteiger partial charge in [0.2, 0.25) is 0 Å². The van der Waals surface area contributed by atoms with E-state index in [9.17, 15) is 4.39 Å². The molecule has 0 aliphatic heterocycles. The van der Waals surface area contributed by atoms with Gasteiger partial charge >= 0.3 is 0 Å². The van der Waals surface area contributed by atoms with Crippen molar-refractivity contribution in [3.63, 3.8) is 0 Å². The van der Waals surface area contributed by atoms with Crippen LogP contribution < -0.4 is 0 Å². The maximum absolute atomic E-state index is 12.3. The zero-order valence-corrected chi connectivity index (χ0v) is 12.8. The third-order valence-corrected chi connectivity index (χ3v) is 3.95. The highest BCUT2D eigenvalue weighted by atomic mass is 79.9. The predicted molar refractivity (Wildman–Crippen MR) is 78.7 cm³/mol. The number of rotatable bonds is 3. The molecule has 2 rings (SSSR count). The first-order valence-electron chi connectivity index (χ1n) is 5.73. The van der Waals surface area contributed by atoms with Crippen LogP contribution in [0, 0.1) is 0 Å². The minimum absolute atomic E-state index is 0.418. The molecule has 1 aromatic heterocycles. The average Bonchev–Trinajstić information content (AvgIpc) is 2.44. The summed E-state index contributed by atoms with van der Waals surface area (Å²) in [4.78, 5) is 5.31. The topological polar surface area (TPSA) is 12.9 Å². The second-order valence-electron chi connectivity index (χ2n) is 3.17. The summed E-state index contributed by atoms with van der Waals surface area (Å²) in [6, 6.07) is 11.2. The Balaban J connectivity index is 0.000000771. The Kier molecular flexibility index (Phi) is 6.98. The highest BCUT2D eigenvalue weighted by Crippen LogP contribution is 2.31. The number of alkyl halides is 1. The number of hydrogen-bond donors (Lipinski definition) is 0. The van der Waals surface area contributed by atoms with Crippen LogP contribution in [0.3, 0.4) is 0 Å². The van der Waals surface area contributed by atoms with Crippen molar-refractivity contribution in [2.75, 3.05) is 0 Å². The van der Waals surface area contributed by atoms with Gasteiger partial charge in [0.05, 0.1) is 4.47 Å². The van der Waals surface area contributed by atoms with Crippen molar-refractivity contribution in [3.05, 3.63) is 52.6 Å². The number of aromatic nitrogens is 1. The van der Waals surface area contributed by atoms with E-state index >= 15 is 0 Å². The highest BCUT2D eigenvalue weighted by Gasteiger charge is 2.02. The van der Waals surface area contributed by atoms with Gasteiger partial charge in [0, 0.05) is 11.1 Å². The summed E-state index contributed by atoms with van der Waals surface area (Å²) in [6.07, 6.45) is 1.75. The summed E-state index contributed by atoms with van der Waals surface area (Å²) in [5, 5.41) is 0.912. The second-order valence-corrected chi connectivity index (χ2v) is 5.09. The summed E-state index contributed by atoms with van der Waals surface area (Å²) >= 11 is 4.99. The molecule has 0 radical (unpaired) electrons. The molecule has 4 heteroatoms. The monoisotopic (exact) mass is 327 g/mol. The van der Waals surface area contributed by atoms with Crippen molar-refractivity contribution in [1.82, 2.24) is 4.98 Å². The normalized spacial score (nSPS) is 9.56. The molecule has 0 aliphatic carbocycles. The summed E-state index contributed by atoms with van der Waals surface area (Å²) in [6.45, 7) is 3.58. The predicted octanol–water partition coefficient (Wildman–Crippen LogP) is 5.49. The third kappa shape index (κ3) is 4.42. The largest absolute Gasteiger partial charge is 0.248 e. The van der Waals surface area contributed by atoms with Crippen LogP contribution in [-0.2, 0) is 6.67 Å². The van der Waals surface area contributed by atoms with E-state index in [1.165, 1.54) is 0 Å². The zero-order valence-electron chi connectivity index (χ0n) is 10.4. The smallest absolute Gasteiger partial charge is 0.115 e. The lowest BCUT2D eigenvalue weighted by Crippen LogP contribution is -1.82. The summed E-state index contributed by atoms with van der Waals surface area (Å²) < 4.78 is 13.3. The third-order valence-electron chi connectivity index (χ3n) is 2.02. The fraction of sp³-hybridized carbons (Fsp3) is 0.214. The van der Waals surface area contributed by atoms with Gasteiger partial charge < -0.3 is 0 Å². The van der Waals surface area contributed by atoms with Gasteiger partial charge in [-0.1, -0.05) is 37.7 Å². The van der Waals surface area contributed by atoms with Crippen LogP contribution in [0.5, 0.6) is 0 Å². The standard InChI is InChI=1S/C12H9BrFNS.C2H6/c13-11-2-1-7-15-12(11)16-10-5-3-9(8-14)4-6-10;1-2/h1-7H,8H2;1-2H3. The van der Waals surface area contributed by atoms with Crippen molar-refractivity contribution >= 4 is 27.7 Å². The number of pyridine rings is 1. The first kappa shape index (κ1) is 15.2. The number of nitrogens with zero attached hydrogens (tertiary/aromatic N) is 1. The molecule has 0 saturated heterocycles. The number of benzene rings is 1. The van der Waals surface area contributed by atoms with Gasteiger partial charge in [-0.2, -0.15) is 0 Å². The molecular formula is C14H15BrFNS. The molecule has 0 unspecified atom stereocenters. The van der Waals surface area contributed by atoms with E-state index in [-0.39, 0.29) is 0 Å². The van der Waals surface area contributed by atoms with Crippen LogP contribution in [0.4, 0.5) is 4.39 Å². The van der Waals surface area contributed by atoms with Crippen LogP contribution >= 0.6 is 27.7 Å². The summed E-state index contributed by atoms with van der Waals surface area (Å²) in [7, 11) is 0. The molecule has 0 atom stereocenters. The van der Waals surface area contributed by atoms with Crippen molar-refractivity contribution in [2.24, 2.45) is 0 Å². The molecular weight excluding hydrogens is 313 g/mol. The number of halogens is 2. The van der Waals surface area contributed by atoms with E-state index in [4.69, 9.17) is 0 Å². The molecule has 0 bridgehead atoms. The summed E-state index contributed by atoms with van der Waals surface area (Å²) in [5.41, 5.74) is 0.699. The molecule has 0 N–H and O–H groups in total. The number of hydrogen-bond acceptors (Lipinski definition) is 2. The van der Waals surface area contributed by atoms with Gasteiger partial charge in [0.15, 0.2) is 0 Å². The molecule has 0 aliphatic rings. The Hall–Kier alpha value is -0.870. The molecule has 0 saturated carbocycles. The minimum Gasteiger partial charge on any atom is -0.248 e. The Bertz CT molecular complexity index is 473. The Morgan fingerprint density at radius 1 is 1.17 bits per heavy atom. The Morgan fingerprint density at radius 2 is 1.83 bits per heavy atom. The van der Waals surface area contributed by atoms with Gasteiger partial charge in [0.25, 0.3) is 0 Å². The van der Waals surface area contributed by atoms with E-state index < -0.39 is 6.67 Å². The first-order chi connectivity index (χ1) is 8.79. The van der Waals surface area contributed by atoms with Gasteiger partial charge in [-0.05, 0) is 45.8 Å². The van der Waals surface area contributed by atoms with Crippen LogP contribution in [-0.4, -0.2) is 4.98 Å². The van der Waals surface area contributed by atoms with Crippen molar-refractivity contribution in [2.45, 2.75) is 30.4 Å². The molecule has 2 aromatic rings. The minimum atomic E-state index is -0.418. The zero-order chi connectivity index (χ0) is 13.4. The highest BCUT2D eigenvalue weighted by molar-refractivity contribution is 9.10. The molecule has 1 aromatic carbocycles. The van der Waals surface area contributed by atoms with Crippen LogP contribution in [0.2, 0.25) is 0 Å². The Labute approximate surface area is 120 Å². The quantitative estimate of drug-likeness (QED) is 0.739. The Morgan fingerprint density at radius 3 is 2.39 bits per heavy atom. The molecule has 18 heavy (non-hydrogen) atoms. The van der Waals surface area contributed by atoms with Gasteiger partial charge in [0.1, 0.15) is 11.7 Å². The maximum atomic E-state index is 12.3. The fourth-order valence-electron chi connectivity index (χ4n) is 1.20. The van der Waals surface area contributed by atoms with E-state index in [0.29, 0.717) is 5.56 Å². The van der Waals surface area contributed by atoms with E-state index in [0.717, 1.165) is 14.4 Å². The van der Waals surface area contributed by atoms with Crippen LogP contribution in [0.25, 0.3) is 0 Å². The van der Waals surface area contributed by atoms with Crippen molar-refractivity contribution in [1.29, 1.82) is 0 Å². The molecule has 1 nitrogen and oxygen atoms in total. The molecule has 96 valence electrons. The second kappa shape index (κ2) is 8.27. The van der Waals surface area contributed by atoms with E-state index in [1.807, 2.05) is 38.1 Å². The van der Waals surface area contributed by atoms with Gasteiger partial charge in [-0.15, -0.1) is 0 Å². The van der Waals surface area contributed by atoms with Gasteiger partial charge in [-0.3, -0.25) is 0 Å². The lowest BCUT2D eigenvalue weighted by Gasteiger charge is -2.03. The maximum Gasteiger partial charge on any atom is 0.115 e.